The molecule has 2 N–H and O–H groups in total. The van der Waals surface area contributed by atoms with E-state index in [4.69, 9.17) is 12.2 Å². The number of hydrogen-bond acceptors (Lipinski definition) is 3. The lowest BCUT2D eigenvalue weighted by Crippen LogP contribution is -2.39. The van der Waals surface area contributed by atoms with E-state index in [0.29, 0.717) is 26.2 Å². The first-order valence-corrected chi connectivity index (χ1v) is 10.9. The quantitative estimate of drug-likeness (QED) is 0.645. The van der Waals surface area contributed by atoms with Crippen molar-refractivity contribution in [2.24, 2.45) is 0 Å². The number of carbonyl (C=O) groups excluding carboxylic acids is 1. The number of carbonyl (C=O) groups is 1. The van der Waals surface area contributed by atoms with Crippen LogP contribution in [0.4, 0.5) is 24.5 Å². The molecule has 2 aromatic carbocycles. The van der Waals surface area contributed by atoms with Crippen molar-refractivity contribution in [2.75, 3.05) is 43.4 Å². The highest BCUT2D eigenvalue weighted by Crippen LogP contribution is 2.34. The van der Waals surface area contributed by atoms with Crippen molar-refractivity contribution < 1.29 is 18.0 Å². The zero-order valence-corrected chi connectivity index (χ0v) is 18.9. The molecule has 2 aromatic rings. The first-order valence-electron chi connectivity index (χ1n) is 10.5. The van der Waals surface area contributed by atoms with Gasteiger partial charge in [-0.3, -0.25) is 9.69 Å². The maximum Gasteiger partial charge on any atom is 0.418 e. The highest BCUT2D eigenvalue weighted by atomic mass is 32.1. The number of nitrogens with one attached hydrogen (secondary N) is 2. The number of amides is 1. The van der Waals surface area contributed by atoms with E-state index in [9.17, 15) is 18.0 Å². The number of anilines is 2. The maximum atomic E-state index is 13.2. The summed E-state index contributed by atoms with van der Waals surface area (Å²) in [5, 5.41) is 6.00. The van der Waals surface area contributed by atoms with Crippen LogP contribution in [0, 0.1) is 13.8 Å². The van der Waals surface area contributed by atoms with Crippen LogP contribution in [0.25, 0.3) is 0 Å². The van der Waals surface area contributed by atoms with Crippen molar-refractivity contribution in [3.05, 3.63) is 59.2 Å². The van der Waals surface area contributed by atoms with Crippen LogP contribution in [-0.2, 0) is 11.0 Å². The SMILES string of the molecule is Cc1cccc(C)c1NC(=O)CN1CCCN(C(=S)Nc2ccccc2C(F)(F)F)CC1. The predicted octanol–water partition coefficient (Wildman–Crippen LogP) is 4.67. The summed E-state index contributed by atoms with van der Waals surface area (Å²) < 4.78 is 39.7. The third-order valence-electron chi connectivity index (χ3n) is 5.46. The van der Waals surface area contributed by atoms with Crippen LogP contribution in [-0.4, -0.2) is 53.5 Å². The lowest BCUT2D eigenvalue weighted by Gasteiger charge is -2.25. The molecular formula is C23H27F3N4OS. The summed E-state index contributed by atoms with van der Waals surface area (Å²) in [6.07, 6.45) is -3.71. The Morgan fingerprint density at radius 2 is 1.66 bits per heavy atom. The molecule has 0 radical (unpaired) electrons. The Bertz CT molecular complexity index is 960. The van der Waals surface area contributed by atoms with Crippen LogP contribution in [0.1, 0.15) is 23.1 Å². The average Bonchev–Trinajstić information content (AvgIpc) is 2.96. The van der Waals surface area contributed by atoms with E-state index in [1.807, 2.05) is 41.8 Å². The average molecular weight is 465 g/mol. The molecule has 1 aliphatic rings. The second kappa shape index (κ2) is 10.3. The zero-order chi connectivity index (χ0) is 23.3. The van der Waals surface area contributed by atoms with Crippen molar-refractivity contribution in [2.45, 2.75) is 26.4 Å². The first kappa shape index (κ1) is 24.0. The molecular weight excluding hydrogens is 437 g/mol. The van der Waals surface area contributed by atoms with E-state index in [-0.39, 0.29) is 23.3 Å². The molecule has 0 aromatic heterocycles. The number of rotatable bonds is 4. The Kier molecular flexibility index (Phi) is 7.73. The number of halogens is 3. The van der Waals surface area contributed by atoms with Crippen molar-refractivity contribution in [3.63, 3.8) is 0 Å². The van der Waals surface area contributed by atoms with Gasteiger partial charge in [-0.2, -0.15) is 13.2 Å². The molecule has 1 saturated heterocycles. The van der Waals surface area contributed by atoms with Gasteiger partial charge in [0, 0.05) is 31.9 Å². The zero-order valence-electron chi connectivity index (χ0n) is 18.1. The summed E-state index contributed by atoms with van der Waals surface area (Å²) in [6.45, 7) is 6.58. The third kappa shape index (κ3) is 6.20. The Labute approximate surface area is 191 Å². The molecule has 5 nitrogen and oxygen atoms in total. The van der Waals surface area contributed by atoms with E-state index in [2.05, 4.69) is 10.6 Å². The number of para-hydroxylation sites is 2. The second-order valence-electron chi connectivity index (χ2n) is 7.91. The molecule has 1 amide bonds. The monoisotopic (exact) mass is 464 g/mol. The van der Waals surface area contributed by atoms with Crippen LogP contribution in [0.5, 0.6) is 0 Å². The number of hydrogen-bond donors (Lipinski definition) is 2. The van der Waals surface area contributed by atoms with Gasteiger partial charge in [0.15, 0.2) is 5.11 Å². The predicted molar refractivity (Wildman–Crippen MR) is 125 cm³/mol. The highest BCUT2D eigenvalue weighted by molar-refractivity contribution is 7.80. The molecule has 0 spiro atoms. The fourth-order valence-electron chi connectivity index (χ4n) is 3.76. The van der Waals surface area contributed by atoms with E-state index in [1.165, 1.54) is 12.1 Å². The lowest BCUT2D eigenvalue weighted by molar-refractivity contribution is -0.136. The summed E-state index contributed by atoms with van der Waals surface area (Å²) in [5.74, 6) is -0.0874. The van der Waals surface area contributed by atoms with Crippen LogP contribution in [0.2, 0.25) is 0 Å². The Balaban J connectivity index is 1.56. The van der Waals surface area contributed by atoms with Crippen molar-refractivity contribution in [3.8, 4) is 0 Å². The molecule has 3 rings (SSSR count). The number of benzene rings is 2. The van der Waals surface area contributed by atoms with Gasteiger partial charge in [0.2, 0.25) is 5.91 Å². The van der Waals surface area contributed by atoms with Gasteiger partial charge in [0.25, 0.3) is 0 Å². The Morgan fingerprint density at radius 1 is 0.969 bits per heavy atom. The van der Waals surface area contributed by atoms with Crippen LogP contribution in [0.3, 0.4) is 0 Å². The lowest BCUT2D eigenvalue weighted by atomic mass is 10.1. The minimum Gasteiger partial charge on any atom is -0.348 e. The van der Waals surface area contributed by atoms with Gasteiger partial charge in [0.05, 0.1) is 17.8 Å². The van der Waals surface area contributed by atoms with Crippen LogP contribution < -0.4 is 10.6 Å². The summed E-state index contributed by atoms with van der Waals surface area (Å²) in [4.78, 5) is 16.5. The summed E-state index contributed by atoms with van der Waals surface area (Å²) in [7, 11) is 0. The third-order valence-corrected chi connectivity index (χ3v) is 5.82. The molecule has 0 aliphatic carbocycles. The van der Waals surface area contributed by atoms with Gasteiger partial charge >= 0.3 is 6.18 Å². The number of thiocarbonyl (C=S) groups is 1. The van der Waals surface area contributed by atoms with Crippen molar-refractivity contribution in [1.29, 1.82) is 0 Å². The van der Waals surface area contributed by atoms with Gasteiger partial charge in [-0.1, -0.05) is 30.3 Å². The summed E-state index contributed by atoms with van der Waals surface area (Å²) in [5.41, 5.74) is 2.05. The normalized spacial score (nSPS) is 15.2. The largest absolute Gasteiger partial charge is 0.418 e. The summed E-state index contributed by atoms with van der Waals surface area (Å²) in [6, 6.07) is 11.2. The molecule has 0 unspecified atom stereocenters. The molecule has 1 aliphatic heterocycles. The van der Waals surface area contributed by atoms with Gasteiger partial charge in [-0.15, -0.1) is 0 Å². The molecule has 32 heavy (non-hydrogen) atoms. The van der Waals surface area contributed by atoms with Crippen molar-refractivity contribution >= 4 is 34.6 Å². The number of nitrogens with zero attached hydrogens (tertiary/aromatic N) is 2. The van der Waals surface area contributed by atoms with Crippen LogP contribution >= 0.6 is 12.2 Å². The van der Waals surface area contributed by atoms with E-state index in [0.717, 1.165) is 29.3 Å². The standard InChI is InChI=1S/C23H27F3N4OS/c1-16-7-5-8-17(2)21(16)28-20(31)15-29-11-6-12-30(14-13-29)22(32)27-19-10-4-3-9-18(19)23(24,25)26/h3-5,7-10H,6,11-15H2,1-2H3,(H,27,32)(H,28,31). The molecule has 0 atom stereocenters. The molecule has 9 heteroatoms. The van der Waals surface area contributed by atoms with Gasteiger partial charge in [0.1, 0.15) is 0 Å². The molecule has 1 fully saturated rings. The van der Waals surface area contributed by atoms with Gasteiger partial charge in [-0.25, -0.2) is 0 Å². The molecule has 172 valence electrons. The van der Waals surface area contributed by atoms with E-state index >= 15 is 0 Å². The fourth-order valence-corrected chi connectivity index (χ4v) is 4.05. The number of aryl methyl sites for hydroxylation is 2. The topological polar surface area (TPSA) is 47.6 Å². The Hall–Kier alpha value is -2.65. The minimum absolute atomic E-state index is 0.0564. The van der Waals surface area contributed by atoms with Crippen LogP contribution in [0.15, 0.2) is 42.5 Å². The molecule has 1 heterocycles. The smallest absolute Gasteiger partial charge is 0.348 e. The van der Waals surface area contributed by atoms with Gasteiger partial charge in [-0.05, 0) is 55.7 Å². The summed E-state index contributed by atoms with van der Waals surface area (Å²) >= 11 is 5.39. The number of alkyl halides is 3. The molecule has 0 saturated carbocycles. The first-order chi connectivity index (χ1) is 15.1. The van der Waals surface area contributed by atoms with Gasteiger partial charge < -0.3 is 15.5 Å². The highest BCUT2D eigenvalue weighted by Gasteiger charge is 2.33. The van der Waals surface area contributed by atoms with E-state index < -0.39 is 11.7 Å². The van der Waals surface area contributed by atoms with Crippen molar-refractivity contribution in [1.82, 2.24) is 9.80 Å². The molecule has 0 bridgehead atoms. The minimum atomic E-state index is -4.46. The fraction of sp³-hybridized carbons (Fsp3) is 0.391. The Morgan fingerprint density at radius 3 is 2.34 bits per heavy atom. The van der Waals surface area contributed by atoms with E-state index in [1.54, 1.807) is 6.07 Å². The second-order valence-corrected chi connectivity index (χ2v) is 8.29. The maximum absolute atomic E-state index is 13.2.